The van der Waals surface area contributed by atoms with E-state index in [4.69, 9.17) is 41.0 Å². The van der Waals surface area contributed by atoms with E-state index >= 15 is 0 Å². The second-order valence-electron chi connectivity index (χ2n) is 26.4. The van der Waals surface area contributed by atoms with Crippen molar-refractivity contribution in [2.75, 3.05) is 26.4 Å². The summed E-state index contributed by atoms with van der Waals surface area (Å²) in [4.78, 5) is 70.9. The number of carbonyl (C=O) groups is 6. The quantitative estimate of drug-likeness (QED) is 0.0248. The molecule has 2 aliphatic carbocycles. The van der Waals surface area contributed by atoms with Crippen LogP contribution < -0.4 is 38.1 Å². The van der Waals surface area contributed by atoms with Gasteiger partial charge in [0, 0.05) is 30.0 Å². The van der Waals surface area contributed by atoms with Crippen LogP contribution in [0.1, 0.15) is 217 Å². The number of nitrogens with two attached hydrogens (primary N) is 2. The molecule has 94 heavy (non-hydrogen) atoms. The third kappa shape index (κ3) is 31.5. The molecule has 0 heterocycles. The second-order valence-corrected chi connectivity index (χ2v) is 26.4. The largest absolute Gasteiger partial charge is 0.480 e. The summed E-state index contributed by atoms with van der Waals surface area (Å²) >= 11 is 0. The number of benzene rings is 4. The number of fused-ring (bicyclic) bond motifs is 6. The number of nitrogens with one attached hydrogen (secondary N) is 5. The highest BCUT2D eigenvalue weighted by Gasteiger charge is 2.32. The highest BCUT2D eigenvalue weighted by Crippen LogP contribution is 2.46. The Morgan fingerprint density at radius 1 is 0.447 bits per heavy atom. The predicted octanol–water partition coefficient (Wildman–Crippen LogP) is 13.6. The van der Waals surface area contributed by atoms with Gasteiger partial charge in [-0.1, -0.05) is 201 Å². The van der Waals surface area contributed by atoms with Gasteiger partial charge in [-0.25, -0.2) is 19.2 Å². The molecule has 12 N–H and O–H groups in total. The molecule has 6 rings (SSSR count). The molecule has 0 aromatic heterocycles. The molecule has 7 atom stereocenters. The fourth-order valence-electron chi connectivity index (χ4n) is 10.7. The van der Waals surface area contributed by atoms with Gasteiger partial charge in [0.1, 0.15) is 30.9 Å². The van der Waals surface area contributed by atoms with E-state index < -0.39 is 41.9 Å². The Balaban J connectivity index is 0.000000624. The van der Waals surface area contributed by atoms with Crippen LogP contribution in [0.2, 0.25) is 0 Å². The highest BCUT2D eigenvalue weighted by molar-refractivity contribution is 5.86. The van der Waals surface area contributed by atoms with Crippen LogP contribution in [0.25, 0.3) is 22.3 Å². The molecule has 5 amide bonds. The molecule has 19 heteroatoms. The van der Waals surface area contributed by atoms with E-state index in [9.17, 15) is 28.8 Å². The standard InChI is InChI=1S/C26H34N2O3.C19H19NO4.C11H24N2O.C11H23NO3.C6H15NO.C2H6/c1-5-18(15-17(3)4)27-25(29)24(6-2)28-26(30)31-16-23-21-13-9-7-11-19(21)20-12-8-10-14-22(20)23;1-2-17(18(21)22)20-19(23)24-11-16-14-9-5-3-7-12(14)13-8-4-6-10-15(13)16;1-5-9(7-8(3)4)13-11(14)10(12)6-2;1-8(2)6-9(7-13)12-10(14)15-11(3,4)5;1-5(2)3-6(7)4-8;1-2/h7-14,17-18,23-24H,5-6,15-16H2,1-4H3,(H,27,29)(H,28,30);3-10,16-17H,2,11H2,1H3,(H,20,23)(H,21,22);8-10H,5-7,12H2,1-4H3,(H,13,14);8-9,13H,6-7H2,1-5H3,(H,12,14);5-6,8H,3-4,7H2,1-2H3;1-2H3. The topological polar surface area (TPSA) is 303 Å². The van der Waals surface area contributed by atoms with E-state index in [-0.39, 0.29) is 80.3 Å². The fourth-order valence-corrected chi connectivity index (χ4v) is 10.7. The Morgan fingerprint density at radius 2 is 0.787 bits per heavy atom. The van der Waals surface area contributed by atoms with Crippen molar-refractivity contribution in [2.24, 2.45) is 35.1 Å². The normalized spacial score (nSPS) is 14.1. The molecule has 528 valence electrons. The summed E-state index contributed by atoms with van der Waals surface area (Å²) in [5, 5.41) is 40.3. The molecule has 4 aromatic rings. The number of hydrogen-bond acceptors (Lipinski definition) is 13. The van der Waals surface area contributed by atoms with Crippen molar-refractivity contribution in [2.45, 2.75) is 242 Å². The molecule has 0 saturated carbocycles. The van der Waals surface area contributed by atoms with Crippen LogP contribution in [-0.2, 0) is 28.6 Å². The number of aliphatic carboxylic acids is 1. The minimum Gasteiger partial charge on any atom is -0.480 e. The Labute approximate surface area is 563 Å². The first-order chi connectivity index (χ1) is 44.5. The van der Waals surface area contributed by atoms with Crippen LogP contribution in [0.5, 0.6) is 0 Å². The average molecular weight is 1310 g/mol. The maximum absolute atomic E-state index is 12.7. The van der Waals surface area contributed by atoms with Crippen LogP contribution in [0.3, 0.4) is 0 Å². The number of alkyl carbamates (subject to hydrolysis) is 3. The number of hydrogen-bond donors (Lipinski definition) is 10. The van der Waals surface area contributed by atoms with Gasteiger partial charge in [-0.15, -0.1) is 0 Å². The molecular weight excluding hydrogens is 1190 g/mol. The molecule has 0 saturated heterocycles. The molecule has 2 aliphatic rings. The number of amides is 5. The van der Waals surface area contributed by atoms with E-state index in [1.807, 2.05) is 123 Å². The lowest BCUT2D eigenvalue weighted by Gasteiger charge is -2.23. The van der Waals surface area contributed by atoms with E-state index in [1.54, 1.807) is 6.92 Å². The minimum atomic E-state index is -1.06. The zero-order valence-corrected chi connectivity index (χ0v) is 60.1. The van der Waals surface area contributed by atoms with Crippen molar-refractivity contribution in [1.82, 2.24) is 26.6 Å². The van der Waals surface area contributed by atoms with Crippen molar-refractivity contribution in [3.8, 4) is 22.3 Å². The van der Waals surface area contributed by atoms with Gasteiger partial charge < -0.3 is 67.6 Å². The Bertz CT molecular complexity index is 2750. The zero-order valence-electron chi connectivity index (χ0n) is 60.1. The average Bonchev–Trinajstić information content (AvgIpc) is 1.63. The lowest BCUT2D eigenvalue weighted by atomic mass is 9.98. The summed E-state index contributed by atoms with van der Waals surface area (Å²) in [5.41, 5.74) is 19.8. The first-order valence-electron chi connectivity index (χ1n) is 34.3. The molecule has 0 fully saturated rings. The molecule has 0 radical (unpaired) electrons. The molecule has 19 nitrogen and oxygen atoms in total. The van der Waals surface area contributed by atoms with Crippen molar-refractivity contribution < 1.29 is 58.3 Å². The van der Waals surface area contributed by atoms with Crippen molar-refractivity contribution in [3.63, 3.8) is 0 Å². The number of ether oxygens (including phenoxy) is 3. The smallest absolute Gasteiger partial charge is 0.407 e. The summed E-state index contributed by atoms with van der Waals surface area (Å²) in [5.74, 6) is 0.873. The Hall–Kier alpha value is -7.06. The summed E-state index contributed by atoms with van der Waals surface area (Å²) in [6.07, 6.45) is 5.23. The predicted molar refractivity (Wildman–Crippen MR) is 379 cm³/mol. The third-order valence-corrected chi connectivity index (χ3v) is 15.4. The van der Waals surface area contributed by atoms with Gasteiger partial charge in [0.25, 0.3) is 0 Å². The number of carbonyl (C=O) groups excluding carboxylic acids is 5. The summed E-state index contributed by atoms with van der Waals surface area (Å²) < 4.78 is 16.0. The summed E-state index contributed by atoms with van der Waals surface area (Å²) in [6.45, 7) is 36.4. The summed E-state index contributed by atoms with van der Waals surface area (Å²) in [6, 6.07) is 30.8. The second kappa shape index (κ2) is 45.3. The van der Waals surface area contributed by atoms with Gasteiger partial charge >= 0.3 is 24.2 Å². The van der Waals surface area contributed by atoms with Gasteiger partial charge in [0.15, 0.2) is 0 Å². The van der Waals surface area contributed by atoms with Gasteiger partial charge in [0.2, 0.25) is 11.8 Å². The molecule has 4 aromatic carbocycles. The molecule has 0 bridgehead atoms. The maximum Gasteiger partial charge on any atom is 0.407 e. The monoisotopic (exact) mass is 1310 g/mol. The Morgan fingerprint density at radius 3 is 1.07 bits per heavy atom. The first kappa shape index (κ1) is 85.0. The number of aliphatic hydroxyl groups excluding tert-OH is 2. The molecule has 0 spiro atoms. The third-order valence-electron chi connectivity index (χ3n) is 15.4. The van der Waals surface area contributed by atoms with Gasteiger partial charge in [-0.05, 0) is 147 Å². The van der Waals surface area contributed by atoms with E-state index in [0.717, 1.165) is 60.8 Å². The van der Waals surface area contributed by atoms with E-state index in [2.05, 4.69) is 118 Å². The van der Waals surface area contributed by atoms with Gasteiger partial charge in [-0.3, -0.25) is 9.59 Å². The lowest BCUT2D eigenvalue weighted by molar-refractivity contribution is -0.139. The number of rotatable bonds is 27. The molecule has 0 aliphatic heterocycles. The van der Waals surface area contributed by atoms with Crippen LogP contribution in [0, 0.1) is 23.7 Å². The van der Waals surface area contributed by atoms with Crippen LogP contribution in [0.4, 0.5) is 14.4 Å². The van der Waals surface area contributed by atoms with Crippen LogP contribution >= 0.6 is 0 Å². The minimum absolute atomic E-state index is 0.00238. The van der Waals surface area contributed by atoms with Crippen molar-refractivity contribution in [3.05, 3.63) is 119 Å². The SMILES string of the molecule is CC.CC(C)CC(CO)NC(=O)OC(C)(C)C.CC(C)CC(N)CO.CCC(CC(C)C)NC(=O)C(CC)NC(=O)OCC1c2ccccc2-c2ccccc21.CCC(CC(C)C)NC(=O)C(N)CC.CCC(NC(=O)OCC1c2ccccc2-c2ccccc21)C(=O)O. The van der Waals surface area contributed by atoms with Gasteiger partial charge in [-0.2, -0.15) is 0 Å². The van der Waals surface area contributed by atoms with Gasteiger partial charge in [0.05, 0.1) is 25.3 Å². The highest BCUT2D eigenvalue weighted by atomic mass is 16.6. The van der Waals surface area contributed by atoms with Crippen LogP contribution in [0.15, 0.2) is 97.1 Å². The van der Waals surface area contributed by atoms with E-state index in [1.165, 1.54) is 22.3 Å². The molecule has 7 unspecified atom stereocenters. The van der Waals surface area contributed by atoms with Crippen molar-refractivity contribution >= 4 is 36.1 Å². The zero-order chi connectivity index (χ0) is 71.3. The lowest BCUT2D eigenvalue weighted by Crippen LogP contribution is -2.49. The number of carboxylic acids is 1. The summed E-state index contributed by atoms with van der Waals surface area (Å²) in [7, 11) is 0. The maximum atomic E-state index is 12.7. The fraction of sp³-hybridized carbons (Fsp3) is 0.600. The number of aliphatic hydroxyl groups is 2. The van der Waals surface area contributed by atoms with Crippen molar-refractivity contribution in [1.29, 1.82) is 0 Å². The Kier molecular flexibility index (Phi) is 41.0. The number of carboxylic acid groups (broad SMARTS) is 1. The van der Waals surface area contributed by atoms with Crippen LogP contribution in [-0.4, -0.2) is 126 Å². The molecular formula is C75H121N7O12. The van der Waals surface area contributed by atoms with E-state index in [0.29, 0.717) is 42.9 Å². The first-order valence-corrected chi connectivity index (χ1v) is 34.3.